The molecule has 0 bridgehead atoms. The van der Waals surface area contributed by atoms with Gasteiger partial charge in [-0.25, -0.2) is 0 Å². The molecule has 0 fully saturated rings. The molecule has 0 unspecified atom stereocenters. The minimum absolute atomic E-state index is 0.0688. The van der Waals surface area contributed by atoms with Gasteiger partial charge in [-0.1, -0.05) is 44.2 Å². The molecule has 17 heavy (non-hydrogen) atoms. The highest BCUT2D eigenvalue weighted by Gasteiger charge is 2.11. The van der Waals surface area contributed by atoms with Gasteiger partial charge in [-0.15, -0.1) is 0 Å². The molecule has 0 heterocycles. The summed E-state index contributed by atoms with van der Waals surface area (Å²) in [5.74, 6) is 0.0880. The molecule has 94 valence electrons. The van der Waals surface area contributed by atoms with Crippen molar-refractivity contribution in [2.45, 2.75) is 26.8 Å². The lowest BCUT2D eigenvalue weighted by Crippen LogP contribution is -2.38. The number of amides is 1. The fourth-order valence-electron chi connectivity index (χ4n) is 1.76. The van der Waals surface area contributed by atoms with Crippen molar-refractivity contribution in [3.63, 3.8) is 0 Å². The van der Waals surface area contributed by atoms with Gasteiger partial charge in [-0.3, -0.25) is 9.69 Å². The Morgan fingerprint density at radius 3 is 2.35 bits per heavy atom. The largest absolute Gasteiger partial charge is 0.348 e. The van der Waals surface area contributed by atoms with E-state index in [9.17, 15) is 4.79 Å². The maximum absolute atomic E-state index is 11.8. The summed E-state index contributed by atoms with van der Waals surface area (Å²) in [5.41, 5.74) is 1.14. The molecular weight excluding hydrogens is 212 g/mol. The minimum atomic E-state index is 0.0688. The number of nitrogens with zero attached hydrogens (tertiary/aromatic N) is 1. The van der Waals surface area contributed by atoms with Gasteiger partial charge in [0.05, 0.1) is 12.6 Å². The Morgan fingerprint density at radius 2 is 1.82 bits per heavy atom. The Kier molecular flexibility index (Phi) is 5.70. The summed E-state index contributed by atoms with van der Waals surface area (Å²) in [7, 11) is 0. The molecular formula is C14H22N2O. The maximum atomic E-state index is 11.8. The van der Waals surface area contributed by atoms with E-state index in [1.807, 2.05) is 37.3 Å². The zero-order valence-corrected chi connectivity index (χ0v) is 10.9. The van der Waals surface area contributed by atoms with Crippen LogP contribution in [0.5, 0.6) is 0 Å². The Hall–Kier alpha value is -1.35. The van der Waals surface area contributed by atoms with E-state index in [0.29, 0.717) is 6.54 Å². The first kappa shape index (κ1) is 13.7. The molecule has 0 aliphatic heterocycles. The van der Waals surface area contributed by atoms with Crippen LogP contribution in [0.1, 0.15) is 32.4 Å². The second-order valence-electron chi connectivity index (χ2n) is 4.16. The van der Waals surface area contributed by atoms with Crippen LogP contribution in [0.15, 0.2) is 30.3 Å². The molecule has 1 atom stereocenters. The highest BCUT2D eigenvalue weighted by atomic mass is 16.2. The molecule has 1 aromatic carbocycles. The highest BCUT2D eigenvalue weighted by molar-refractivity contribution is 5.78. The molecule has 0 aliphatic rings. The highest BCUT2D eigenvalue weighted by Crippen LogP contribution is 2.10. The van der Waals surface area contributed by atoms with Crippen LogP contribution in [-0.2, 0) is 4.79 Å². The summed E-state index contributed by atoms with van der Waals surface area (Å²) in [5, 5.41) is 3.01. The van der Waals surface area contributed by atoms with E-state index in [2.05, 4.69) is 24.1 Å². The Morgan fingerprint density at radius 1 is 1.24 bits per heavy atom. The molecule has 1 N–H and O–H groups in total. The lowest BCUT2D eigenvalue weighted by Gasteiger charge is -2.20. The molecule has 1 aromatic rings. The van der Waals surface area contributed by atoms with Gasteiger partial charge >= 0.3 is 0 Å². The van der Waals surface area contributed by atoms with Crippen LogP contribution >= 0.6 is 0 Å². The summed E-state index contributed by atoms with van der Waals surface area (Å²) >= 11 is 0. The van der Waals surface area contributed by atoms with Gasteiger partial charge in [0.1, 0.15) is 0 Å². The molecule has 0 radical (unpaired) electrons. The van der Waals surface area contributed by atoms with Gasteiger partial charge in [0, 0.05) is 0 Å². The number of carbonyl (C=O) groups is 1. The van der Waals surface area contributed by atoms with E-state index >= 15 is 0 Å². The average molecular weight is 234 g/mol. The van der Waals surface area contributed by atoms with Crippen molar-refractivity contribution in [1.29, 1.82) is 0 Å². The normalized spacial score (nSPS) is 12.5. The predicted octanol–water partition coefficient (Wildman–Crippen LogP) is 2.21. The summed E-state index contributed by atoms with van der Waals surface area (Å²) in [6.07, 6.45) is 0. The van der Waals surface area contributed by atoms with Gasteiger partial charge in [-0.05, 0) is 25.6 Å². The van der Waals surface area contributed by atoms with E-state index in [1.54, 1.807) is 0 Å². The number of nitrogens with one attached hydrogen (secondary N) is 1. The Bertz CT molecular complexity index is 333. The molecule has 0 aliphatic carbocycles. The van der Waals surface area contributed by atoms with Crippen LogP contribution in [0, 0.1) is 0 Å². The molecule has 0 aromatic heterocycles. The maximum Gasteiger partial charge on any atom is 0.234 e. The fourth-order valence-corrected chi connectivity index (χ4v) is 1.76. The second kappa shape index (κ2) is 7.07. The Labute approximate surface area is 104 Å². The molecule has 0 saturated heterocycles. The van der Waals surface area contributed by atoms with Crippen molar-refractivity contribution in [2.75, 3.05) is 19.6 Å². The number of hydrogen-bond donors (Lipinski definition) is 1. The van der Waals surface area contributed by atoms with Gasteiger partial charge in [-0.2, -0.15) is 0 Å². The van der Waals surface area contributed by atoms with Crippen molar-refractivity contribution < 1.29 is 4.79 Å². The third kappa shape index (κ3) is 4.57. The third-order valence-corrected chi connectivity index (χ3v) is 2.94. The number of benzene rings is 1. The first-order valence-electron chi connectivity index (χ1n) is 6.24. The number of hydrogen-bond acceptors (Lipinski definition) is 2. The first-order valence-corrected chi connectivity index (χ1v) is 6.24. The van der Waals surface area contributed by atoms with Crippen molar-refractivity contribution >= 4 is 5.91 Å². The smallest absolute Gasteiger partial charge is 0.234 e. The van der Waals surface area contributed by atoms with Crippen LogP contribution < -0.4 is 5.32 Å². The number of carbonyl (C=O) groups excluding carboxylic acids is 1. The van der Waals surface area contributed by atoms with Crippen LogP contribution in [-0.4, -0.2) is 30.4 Å². The second-order valence-corrected chi connectivity index (χ2v) is 4.16. The van der Waals surface area contributed by atoms with Gasteiger partial charge in [0.25, 0.3) is 0 Å². The molecule has 3 nitrogen and oxygen atoms in total. The van der Waals surface area contributed by atoms with E-state index < -0.39 is 0 Å². The van der Waals surface area contributed by atoms with Gasteiger partial charge in [0.15, 0.2) is 0 Å². The van der Waals surface area contributed by atoms with Gasteiger partial charge < -0.3 is 5.32 Å². The molecule has 0 spiro atoms. The van der Waals surface area contributed by atoms with E-state index in [-0.39, 0.29) is 11.9 Å². The lowest BCUT2D eigenvalue weighted by molar-refractivity contribution is -0.122. The fraction of sp³-hybridized carbons (Fsp3) is 0.500. The van der Waals surface area contributed by atoms with E-state index in [4.69, 9.17) is 0 Å². The Balaban J connectivity index is 2.46. The van der Waals surface area contributed by atoms with Crippen molar-refractivity contribution in [3.05, 3.63) is 35.9 Å². The standard InChI is InChI=1S/C14H22N2O/c1-4-16(5-2)11-14(17)15-12(3)13-9-7-6-8-10-13/h6-10,12H,4-5,11H2,1-3H3,(H,15,17)/t12-/m0/s1. The summed E-state index contributed by atoms with van der Waals surface area (Å²) in [4.78, 5) is 13.9. The molecule has 3 heteroatoms. The van der Waals surface area contributed by atoms with Crippen molar-refractivity contribution in [2.24, 2.45) is 0 Å². The first-order chi connectivity index (χ1) is 8.17. The minimum Gasteiger partial charge on any atom is -0.348 e. The topological polar surface area (TPSA) is 32.3 Å². The van der Waals surface area contributed by atoms with Gasteiger partial charge in [0.2, 0.25) is 5.91 Å². The van der Waals surface area contributed by atoms with Crippen molar-refractivity contribution in [1.82, 2.24) is 10.2 Å². The molecule has 0 saturated carbocycles. The number of rotatable bonds is 6. The lowest BCUT2D eigenvalue weighted by atomic mass is 10.1. The zero-order valence-electron chi connectivity index (χ0n) is 10.9. The average Bonchev–Trinajstić information content (AvgIpc) is 2.37. The number of likely N-dealkylation sites (N-methyl/N-ethyl adjacent to an activating group) is 1. The van der Waals surface area contributed by atoms with Crippen LogP contribution in [0.3, 0.4) is 0 Å². The third-order valence-electron chi connectivity index (χ3n) is 2.94. The molecule has 1 amide bonds. The monoisotopic (exact) mass is 234 g/mol. The zero-order chi connectivity index (χ0) is 12.7. The van der Waals surface area contributed by atoms with Crippen LogP contribution in [0.2, 0.25) is 0 Å². The van der Waals surface area contributed by atoms with Crippen LogP contribution in [0.25, 0.3) is 0 Å². The summed E-state index contributed by atoms with van der Waals surface area (Å²) in [6.45, 7) is 8.43. The van der Waals surface area contributed by atoms with Crippen LogP contribution in [0.4, 0.5) is 0 Å². The van der Waals surface area contributed by atoms with Crippen molar-refractivity contribution in [3.8, 4) is 0 Å². The molecule has 1 rings (SSSR count). The summed E-state index contributed by atoms with van der Waals surface area (Å²) in [6, 6.07) is 10.1. The quantitative estimate of drug-likeness (QED) is 0.818. The van der Waals surface area contributed by atoms with E-state index in [0.717, 1.165) is 18.7 Å². The summed E-state index contributed by atoms with van der Waals surface area (Å²) < 4.78 is 0. The SMILES string of the molecule is CCN(CC)CC(=O)N[C@@H](C)c1ccccc1. The van der Waals surface area contributed by atoms with E-state index in [1.165, 1.54) is 0 Å². The predicted molar refractivity (Wildman–Crippen MR) is 70.8 cm³/mol.